The van der Waals surface area contributed by atoms with Crippen LogP contribution in [0.25, 0.3) is 82.8 Å². The second-order valence-electron chi connectivity index (χ2n) is 16.5. The molecular formula is C57H40N2O. The quantitative estimate of drug-likeness (QED) is 0.168. The number of furan rings is 1. The van der Waals surface area contributed by atoms with E-state index in [0.717, 1.165) is 50.1 Å². The molecule has 0 atom stereocenters. The number of aromatic nitrogens is 1. The zero-order valence-corrected chi connectivity index (χ0v) is 33.4. The van der Waals surface area contributed by atoms with Crippen molar-refractivity contribution in [2.75, 3.05) is 4.90 Å². The zero-order chi connectivity index (χ0) is 40.0. The molecule has 0 bridgehead atoms. The van der Waals surface area contributed by atoms with Crippen LogP contribution in [-0.2, 0) is 5.41 Å². The van der Waals surface area contributed by atoms with Crippen LogP contribution in [0.2, 0.25) is 0 Å². The highest BCUT2D eigenvalue weighted by molar-refractivity contribution is 6.16. The lowest BCUT2D eigenvalue weighted by atomic mass is 9.81. The van der Waals surface area contributed by atoms with Gasteiger partial charge in [-0.15, -0.1) is 0 Å². The molecule has 60 heavy (non-hydrogen) atoms. The van der Waals surface area contributed by atoms with Gasteiger partial charge in [-0.05, 0) is 117 Å². The Balaban J connectivity index is 0.997. The van der Waals surface area contributed by atoms with Crippen LogP contribution in [-0.4, -0.2) is 4.57 Å². The fraction of sp³-hybridized carbons (Fsp3) is 0.0526. The van der Waals surface area contributed by atoms with E-state index in [2.05, 4.69) is 217 Å². The molecule has 284 valence electrons. The molecule has 0 aliphatic heterocycles. The topological polar surface area (TPSA) is 21.3 Å². The van der Waals surface area contributed by atoms with Gasteiger partial charge in [0.05, 0.1) is 16.7 Å². The molecule has 2 aromatic heterocycles. The molecule has 0 spiro atoms. The molecule has 1 aliphatic carbocycles. The van der Waals surface area contributed by atoms with E-state index < -0.39 is 0 Å². The minimum Gasteiger partial charge on any atom is -0.456 e. The molecule has 0 amide bonds. The van der Waals surface area contributed by atoms with Gasteiger partial charge in [-0.25, -0.2) is 0 Å². The largest absolute Gasteiger partial charge is 0.456 e. The van der Waals surface area contributed by atoms with Crippen molar-refractivity contribution >= 4 is 60.8 Å². The smallest absolute Gasteiger partial charge is 0.136 e. The van der Waals surface area contributed by atoms with E-state index in [1.807, 2.05) is 12.1 Å². The Morgan fingerprint density at radius 2 is 1.03 bits per heavy atom. The third-order valence-electron chi connectivity index (χ3n) is 12.8. The van der Waals surface area contributed by atoms with Gasteiger partial charge in [-0.1, -0.05) is 147 Å². The lowest BCUT2D eigenvalue weighted by Gasteiger charge is -2.32. The van der Waals surface area contributed by atoms with Crippen molar-refractivity contribution in [3.05, 3.63) is 217 Å². The summed E-state index contributed by atoms with van der Waals surface area (Å²) in [5, 5.41) is 4.80. The molecule has 0 N–H and O–H groups in total. The standard InChI is InChI=1S/C57H40N2O/c1-57(2)49-21-9-6-16-44(49)47-20-13-24-52(56(47)57)58(41-31-26-37(27-32-41)39-30-35-46-45-17-8-11-25-53(45)60-54(46)36-39)42-33-28-38(29-34-42)43-19-12-23-51-55(43)48-18-7-10-22-50(48)59(51)40-14-4-3-5-15-40/h3-36H,1-2H3. The first-order valence-electron chi connectivity index (χ1n) is 20.8. The van der Waals surface area contributed by atoms with Crippen molar-refractivity contribution < 1.29 is 4.42 Å². The number of rotatable bonds is 6. The summed E-state index contributed by atoms with van der Waals surface area (Å²) >= 11 is 0. The molecule has 0 saturated heterocycles. The van der Waals surface area contributed by atoms with Crippen LogP contribution in [0.3, 0.4) is 0 Å². The Kier molecular flexibility index (Phi) is 7.58. The monoisotopic (exact) mass is 768 g/mol. The maximum absolute atomic E-state index is 6.28. The van der Waals surface area contributed by atoms with Crippen molar-refractivity contribution in [1.29, 1.82) is 0 Å². The normalized spacial score (nSPS) is 13.0. The number of hydrogen-bond acceptors (Lipinski definition) is 2. The zero-order valence-electron chi connectivity index (χ0n) is 33.4. The fourth-order valence-corrected chi connectivity index (χ4v) is 10.0. The van der Waals surface area contributed by atoms with Crippen LogP contribution in [0.5, 0.6) is 0 Å². The van der Waals surface area contributed by atoms with Gasteiger partial charge in [0.2, 0.25) is 0 Å². The van der Waals surface area contributed by atoms with Gasteiger partial charge in [0, 0.05) is 44.0 Å². The lowest BCUT2D eigenvalue weighted by Crippen LogP contribution is -2.20. The molecule has 12 rings (SSSR count). The summed E-state index contributed by atoms with van der Waals surface area (Å²) in [5.74, 6) is 0. The van der Waals surface area contributed by atoms with Crippen molar-refractivity contribution in [3.63, 3.8) is 0 Å². The first kappa shape index (κ1) is 34.4. The number of hydrogen-bond donors (Lipinski definition) is 0. The number of nitrogens with zero attached hydrogens (tertiary/aromatic N) is 2. The lowest BCUT2D eigenvalue weighted by molar-refractivity contribution is 0.661. The van der Waals surface area contributed by atoms with Crippen LogP contribution in [0.15, 0.2) is 211 Å². The van der Waals surface area contributed by atoms with E-state index in [9.17, 15) is 0 Å². The van der Waals surface area contributed by atoms with Gasteiger partial charge in [0.25, 0.3) is 0 Å². The highest BCUT2D eigenvalue weighted by atomic mass is 16.3. The van der Waals surface area contributed by atoms with Crippen LogP contribution < -0.4 is 4.90 Å². The van der Waals surface area contributed by atoms with E-state index in [4.69, 9.17) is 4.42 Å². The summed E-state index contributed by atoms with van der Waals surface area (Å²) in [6, 6.07) is 74.9. The fourth-order valence-electron chi connectivity index (χ4n) is 10.0. The molecule has 3 heteroatoms. The predicted octanol–water partition coefficient (Wildman–Crippen LogP) is 15.8. The van der Waals surface area contributed by atoms with Gasteiger partial charge < -0.3 is 13.9 Å². The Hall–Kier alpha value is -7.62. The first-order valence-corrected chi connectivity index (χ1v) is 20.8. The van der Waals surface area contributed by atoms with Crippen LogP contribution >= 0.6 is 0 Å². The van der Waals surface area contributed by atoms with E-state index in [1.54, 1.807) is 0 Å². The summed E-state index contributed by atoms with van der Waals surface area (Å²) in [6.07, 6.45) is 0. The minimum atomic E-state index is -0.189. The molecule has 2 heterocycles. The van der Waals surface area contributed by atoms with Gasteiger partial charge in [-0.3, -0.25) is 0 Å². The van der Waals surface area contributed by atoms with Gasteiger partial charge in [0.15, 0.2) is 0 Å². The van der Waals surface area contributed by atoms with Crippen molar-refractivity contribution in [3.8, 4) is 39.1 Å². The number of benzene rings is 9. The van der Waals surface area contributed by atoms with Gasteiger partial charge in [0.1, 0.15) is 11.2 Å². The molecule has 9 aromatic carbocycles. The Labute approximate surface area is 349 Å². The van der Waals surface area contributed by atoms with Crippen LogP contribution in [0.4, 0.5) is 17.1 Å². The summed E-state index contributed by atoms with van der Waals surface area (Å²) in [6.45, 7) is 4.73. The minimum absolute atomic E-state index is 0.189. The average Bonchev–Trinajstić information content (AvgIpc) is 3.93. The maximum Gasteiger partial charge on any atom is 0.136 e. The highest BCUT2D eigenvalue weighted by Gasteiger charge is 2.38. The first-order chi connectivity index (χ1) is 29.5. The van der Waals surface area contributed by atoms with Crippen molar-refractivity contribution in [1.82, 2.24) is 4.57 Å². The number of fused-ring (bicyclic) bond motifs is 9. The third kappa shape index (κ3) is 5.15. The molecule has 0 unspecified atom stereocenters. The molecule has 0 saturated carbocycles. The van der Waals surface area contributed by atoms with E-state index in [0.29, 0.717) is 0 Å². The molecular weight excluding hydrogens is 729 g/mol. The maximum atomic E-state index is 6.28. The average molecular weight is 769 g/mol. The Bertz CT molecular complexity index is 3440. The van der Waals surface area contributed by atoms with Crippen LogP contribution in [0, 0.1) is 0 Å². The van der Waals surface area contributed by atoms with Crippen molar-refractivity contribution in [2.24, 2.45) is 0 Å². The highest BCUT2D eigenvalue weighted by Crippen LogP contribution is 2.54. The van der Waals surface area contributed by atoms with Crippen LogP contribution in [0.1, 0.15) is 25.0 Å². The summed E-state index contributed by atoms with van der Waals surface area (Å²) in [4.78, 5) is 2.45. The number of para-hydroxylation sites is 3. The van der Waals surface area contributed by atoms with Gasteiger partial charge >= 0.3 is 0 Å². The van der Waals surface area contributed by atoms with Gasteiger partial charge in [-0.2, -0.15) is 0 Å². The molecule has 3 nitrogen and oxygen atoms in total. The SMILES string of the molecule is CC1(C)c2ccccc2-c2cccc(N(c3ccc(-c4ccc5c(c4)oc4ccccc45)cc3)c3ccc(-c4cccc5c4c4ccccc4n5-c4ccccc4)cc3)c21. The van der Waals surface area contributed by atoms with E-state index in [-0.39, 0.29) is 5.41 Å². The molecule has 0 fully saturated rings. The summed E-state index contributed by atoms with van der Waals surface area (Å²) < 4.78 is 8.67. The summed E-state index contributed by atoms with van der Waals surface area (Å²) in [5.41, 5.74) is 18.6. The van der Waals surface area contributed by atoms with Crippen molar-refractivity contribution in [2.45, 2.75) is 19.3 Å². The van der Waals surface area contributed by atoms with E-state index >= 15 is 0 Å². The third-order valence-corrected chi connectivity index (χ3v) is 12.8. The Morgan fingerprint density at radius 3 is 1.85 bits per heavy atom. The molecule has 0 radical (unpaired) electrons. The Morgan fingerprint density at radius 1 is 0.433 bits per heavy atom. The van der Waals surface area contributed by atoms with E-state index in [1.165, 1.54) is 60.9 Å². The second kappa shape index (κ2) is 13.2. The second-order valence-corrected chi connectivity index (χ2v) is 16.5. The predicted molar refractivity (Wildman–Crippen MR) is 251 cm³/mol. The number of anilines is 3. The summed E-state index contributed by atoms with van der Waals surface area (Å²) in [7, 11) is 0. The molecule has 11 aromatic rings. The molecule has 1 aliphatic rings.